The van der Waals surface area contributed by atoms with E-state index in [-0.39, 0.29) is 128 Å². The van der Waals surface area contributed by atoms with E-state index in [1.165, 1.54) is 124 Å². The molecule has 0 unspecified atom stereocenters. The Morgan fingerprint density at radius 2 is 0.790 bits per heavy atom. The number of fused-ring (bicyclic) bond motifs is 3. The number of esters is 3. The summed E-state index contributed by atoms with van der Waals surface area (Å²) in [4.78, 5) is 101. The topological polar surface area (TPSA) is 347 Å². The van der Waals surface area contributed by atoms with Crippen LogP contribution < -0.4 is 36.6 Å². The standard InChI is InChI=1S/C27H19ClN4O4.C25H18ClIN4O4.C25H20ClN5O4.3C4H9.C2H.3CH4.Sn/c1-4-19-20(6-5-7-21(19)27(34)35-3)22-12-18(28)8-9-24(22)36-11-10-32-16(2)31-23-15-30-14-17(13-29)25(23)26(32)33;1-14-30-20-13-29-12-15(11-28)22(20)24(32)31(14)8-9-35-21-7-6-16(26)10-19(21)17-4-3-5-18(23(17)27)25(33)34-2;1-14-30-20-13-29-12-15(11-27)22(20)24(32)31(14)8-9-35-21-7-6-16(26)10-19(21)17-4-3-5-18(23(17)28)25(33)34-2;3*1-3-4-2;1-2;;;;/h1,5-9,12,14-15H,10-11H2,2-3H3;3-7,10,12-13H,8-9H2,1-2H3;3-7,10,12-13H,8-9,28H2,1-2H3;3*1,3-4H2,2H3;1H;3*1H4;. The monoisotopic (exact) mass is 1950 g/mol. The predicted molar refractivity (Wildman–Crippen MR) is 500 cm³/mol. The van der Waals surface area contributed by atoms with Crippen LogP contribution in [0.4, 0.5) is 5.69 Å². The van der Waals surface area contributed by atoms with E-state index in [1.807, 2.05) is 24.3 Å². The Hall–Kier alpha value is -12.2. The number of methoxy groups -OCH3 is 3. The third kappa shape index (κ3) is 24.0. The molecule has 6 aromatic heterocycles. The summed E-state index contributed by atoms with van der Waals surface area (Å²) >= 11 is 18.8. The summed E-state index contributed by atoms with van der Waals surface area (Å²) in [5.41, 5.74) is 12.1. The van der Waals surface area contributed by atoms with Gasteiger partial charge in [-0.05, 0) is 122 Å². The number of aryl methyl sites for hydroxylation is 3. The van der Waals surface area contributed by atoms with Crippen molar-refractivity contribution in [3.63, 3.8) is 0 Å². The van der Waals surface area contributed by atoms with E-state index < -0.39 is 36.3 Å². The van der Waals surface area contributed by atoms with Crippen LogP contribution in [0.15, 0.2) is 161 Å². The largest absolute Gasteiger partial charge is 0.491 e. The van der Waals surface area contributed by atoms with Crippen molar-refractivity contribution in [3.05, 3.63) is 252 Å². The molecular weight excluding hydrogens is 1860 g/mol. The number of anilines is 1. The summed E-state index contributed by atoms with van der Waals surface area (Å²) in [7, 11) is 3.90. The molecular formula is C94H97Cl3IN13O12Sn. The van der Waals surface area contributed by atoms with E-state index in [0.717, 1.165) is 5.56 Å². The summed E-state index contributed by atoms with van der Waals surface area (Å²) < 4.78 is 45.4. The molecule has 0 bridgehead atoms. The van der Waals surface area contributed by atoms with Crippen LogP contribution in [0.25, 0.3) is 66.1 Å². The van der Waals surface area contributed by atoms with Gasteiger partial charge in [0.25, 0.3) is 16.7 Å². The van der Waals surface area contributed by atoms with Gasteiger partial charge in [0.2, 0.25) is 0 Å². The fourth-order valence-corrected chi connectivity index (χ4v) is 27.2. The zero-order valence-corrected chi connectivity index (χ0v) is 75.3. The Kier molecular flexibility index (Phi) is 38.9. The van der Waals surface area contributed by atoms with Crippen LogP contribution in [0.5, 0.6) is 17.2 Å². The first-order valence-corrected chi connectivity index (χ1v) is 48.1. The van der Waals surface area contributed by atoms with Crippen LogP contribution >= 0.6 is 57.4 Å². The van der Waals surface area contributed by atoms with Gasteiger partial charge in [-0.15, -0.1) is 6.42 Å². The van der Waals surface area contributed by atoms with E-state index >= 15 is 0 Å². The van der Waals surface area contributed by atoms with E-state index in [0.29, 0.717) is 109 Å². The SMILES string of the molecule is C.C.C.C#Cc1c(C(=O)OC)cccc1-c1cc(Cl)ccc1OCCn1c(C)nc2cncc(C#N)c2c1=O.C#[C][Sn]([CH2]CCC)([CH2]CCC)[CH2]CCC.COC(=O)c1cccc(-c2cc(Cl)ccc2OCCn2c(C)nc3cncc(C#N)c3c2=O)c1I.COC(=O)c1cccc(-c2cc(Cl)ccc2OCCn2c(C)nc3cncc(C#N)c3c2=O)c1N. The molecule has 0 radical (unpaired) electrons. The number of aromatic nitrogens is 9. The van der Waals surface area contributed by atoms with E-state index in [1.54, 1.807) is 124 Å². The van der Waals surface area contributed by atoms with Crippen molar-refractivity contribution in [2.75, 3.05) is 46.9 Å². The minimum atomic E-state index is -2.09. The number of halogens is 4. The number of carbonyl (C=O) groups excluding carboxylic acids is 3. The van der Waals surface area contributed by atoms with Crippen molar-refractivity contribution in [1.82, 2.24) is 43.6 Å². The number of para-hydroxylation sites is 1. The van der Waals surface area contributed by atoms with Gasteiger partial charge in [-0.1, -0.05) is 99.4 Å². The molecule has 0 amide bonds. The van der Waals surface area contributed by atoms with Gasteiger partial charge in [-0.25, -0.2) is 29.3 Å². The first kappa shape index (κ1) is 101. The van der Waals surface area contributed by atoms with Crippen molar-refractivity contribution in [2.45, 2.75) is 135 Å². The number of nitrogens with two attached hydrogens (primary N) is 1. The molecule has 0 aliphatic rings. The number of unbranched alkanes of at least 4 members (excludes halogenated alkanes) is 3. The Labute approximate surface area is 754 Å². The molecule has 12 rings (SSSR count). The molecule has 0 fully saturated rings. The smallest absolute Gasteiger partial charge is 0.339 e. The van der Waals surface area contributed by atoms with Crippen LogP contribution in [0.1, 0.15) is 152 Å². The number of terminal acetylenes is 2. The number of nitriles is 3. The average molecular weight is 1950 g/mol. The zero-order valence-electron chi connectivity index (χ0n) is 68.0. The summed E-state index contributed by atoms with van der Waals surface area (Å²) in [5.74, 6) is 3.89. The normalized spacial score (nSPS) is 10.5. The fourth-order valence-electron chi connectivity index (χ4n) is 13.6. The average Bonchev–Trinajstić information content (AvgIpc) is 0.771. The van der Waals surface area contributed by atoms with Crippen molar-refractivity contribution in [3.8, 4) is 91.5 Å². The van der Waals surface area contributed by atoms with Crippen molar-refractivity contribution in [2.24, 2.45) is 0 Å². The molecule has 0 saturated heterocycles. The van der Waals surface area contributed by atoms with Crippen molar-refractivity contribution in [1.29, 1.82) is 15.8 Å². The maximum Gasteiger partial charge on any atom is 0.339 e. The third-order valence-corrected chi connectivity index (χ3v) is 34.6. The second kappa shape index (κ2) is 48.0. The van der Waals surface area contributed by atoms with Gasteiger partial charge in [0.05, 0.1) is 131 Å². The van der Waals surface area contributed by atoms with Gasteiger partial charge in [-0.2, -0.15) is 15.8 Å². The molecule has 642 valence electrons. The number of hydrogen-bond donors (Lipinski definition) is 1. The zero-order chi connectivity index (χ0) is 87.6. The molecule has 0 aliphatic carbocycles. The second-order valence-corrected chi connectivity index (χ2v) is 42.2. The summed E-state index contributed by atoms with van der Waals surface area (Å²) in [6.45, 7) is 12.9. The first-order valence-electron chi connectivity index (χ1n) is 38.4. The molecule has 6 heterocycles. The minimum Gasteiger partial charge on any atom is -0.491 e. The van der Waals surface area contributed by atoms with Crippen LogP contribution in [0.2, 0.25) is 28.4 Å². The number of nitrogens with zero attached hydrogens (tertiary/aromatic N) is 12. The number of rotatable bonds is 27. The first-order chi connectivity index (χ1) is 58.3. The summed E-state index contributed by atoms with van der Waals surface area (Å²) in [6.07, 6.45) is 28.1. The molecule has 124 heavy (non-hydrogen) atoms. The summed E-state index contributed by atoms with van der Waals surface area (Å²) in [6, 6.07) is 36.7. The molecule has 2 N–H and O–H groups in total. The molecule has 12 aromatic rings. The van der Waals surface area contributed by atoms with E-state index in [4.69, 9.17) is 81.8 Å². The Bertz CT molecular complexity index is 6070. The molecule has 0 aliphatic heterocycles. The number of hydrogen-bond acceptors (Lipinski definition) is 22. The second-order valence-electron chi connectivity index (χ2n) is 27.4. The van der Waals surface area contributed by atoms with Crippen LogP contribution in [0, 0.1) is 81.0 Å². The maximum absolute atomic E-state index is 13.1. The fraction of sp³-hybridized carbons (Fsp3) is 0.287. The molecule has 0 saturated carbocycles. The third-order valence-electron chi connectivity index (χ3n) is 19.8. The number of carbonyl (C=O) groups is 3. The number of nitrogen functional groups attached to an aromatic ring is 1. The Morgan fingerprint density at radius 3 is 1.14 bits per heavy atom. The number of benzene rings is 6. The Morgan fingerprint density at radius 1 is 0.468 bits per heavy atom. The van der Waals surface area contributed by atoms with Crippen LogP contribution in [-0.2, 0) is 33.8 Å². The molecule has 30 heteroatoms. The molecule has 0 spiro atoms. The maximum atomic E-state index is 13.1. The molecule has 0 atom stereocenters. The minimum absolute atomic E-state index is 0. The van der Waals surface area contributed by atoms with Gasteiger partial charge in [0.15, 0.2) is 0 Å². The van der Waals surface area contributed by atoms with Crippen molar-refractivity contribution >= 4 is 132 Å². The quantitative estimate of drug-likeness (QED) is 0.0125. The van der Waals surface area contributed by atoms with Gasteiger partial charge >= 0.3 is 119 Å². The van der Waals surface area contributed by atoms with Gasteiger partial charge in [0.1, 0.15) is 72.8 Å². The molecule has 6 aromatic carbocycles. The summed E-state index contributed by atoms with van der Waals surface area (Å²) in [5, 5.41) is 30.2. The van der Waals surface area contributed by atoms with Crippen LogP contribution in [0.3, 0.4) is 0 Å². The van der Waals surface area contributed by atoms with Gasteiger partial charge < -0.3 is 34.2 Å². The van der Waals surface area contributed by atoms with Gasteiger partial charge in [-0.3, -0.25) is 43.0 Å². The van der Waals surface area contributed by atoms with E-state index in [2.05, 4.69) is 83.1 Å². The van der Waals surface area contributed by atoms with E-state index in [9.17, 15) is 44.6 Å². The van der Waals surface area contributed by atoms with Gasteiger partial charge in [0, 0.05) is 70.6 Å². The Balaban J connectivity index is 0.000000263. The predicted octanol–water partition coefficient (Wildman–Crippen LogP) is 19.6. The van der Waals surface area contributed by atoms with Crippen LogP contribution in [-0.4, -0.2) is 121 Å². The number of ether oxygens (including phenoxy) is 6. The van der Waals surface area contributed by atoms with Crippen molar-refractivity contribution < 1.29 is 42.8 Å². The number of pyridine rings is 3. The molecule has 25 nitrogen and oxygen atoms in total.